The van der Waals surface area contributed by atoms with Crippen LogP contribution in [0.3, 0.4) is 0 Å². The number of benzene rings is 1. The number of pyridine rings is 3. The first-order valence-electron chi connectivity index (χ1n) is 14.0. The number of aryl methyl sites for hydroxylation is 1. The third kappa shape index (κ3) is 4.16. The molecule has 2 aliphatic rings. The van der Waals surface area contributed by atoms with E-state index in [1.165, 1.54) is 23.6 Å². The van der Waals surface area contributed by atoms with Crippen LogP contribution >= 0.6 is 0 Å². The van der Waals surface area contributed by atoms with Crippen LogP contribution in [-0.2, 0) is 7.05 Å². The summed E-state index contributed by atoms with van der Waals surface area (Å²) in [5, 5.41) is 16.8. The molecule has 5 aromatic rings. The van der Waals surface area contributed by atoms with Crippen molar-refractivity contribution >= 4 is 50.3 Å². The van der Waals surface area contributed by atoms with E-state index >= 15 is 4.39 Å². The summed E-state index contributed by atoms with van der Waals surface area (Å²) in [6, 6.07) is 3.30. The number of aromatic carboxylic acids is 1. The zero-order valence-electron chi connectivity index (χ0n) is 23.1. The van der Waals surface area contributed by atoms with Gasteiger partial charge in [0.05, 0.1) is 33.1 Å². The van der Waals surface area contributed by atoms with E-state index in [-0.39, 0.29) is 16.3 Å². The number of aromatic nitrogens is 4. The number of carboxylic acid groups (broad SMARTS) is 1. The number of halogens is 2. The highest BCUT2D eigenvalue weighted by Gasteiger charge is 2.31. The van der Waals surface area contributed by atoms with Gasteiger partial charge in [-0.2, -0.15) is 0 Å². The quantitative estimate of drug-likeness (QED) is 0.228. The molecule has 1 aliphatic heterocycles. The monoisotopic (exact) mass is 573 g/mol. The smallest absolute Gasteiger partial charge is 0.341 e. The van der Waals surface area contributed by atoms with E-state index < -0.39 is 23.0 Å². The Bertz CT molecular complexity index is 1980. The molecule has 4 N–H and O–H groups in total. The van der Waals surface area contributed by atoms with Crippen molar-refractivity contribution in [3.63, 3.8) is 0 Å². The molecular weight excluding hydrogens is 544 g/mol. The Kier molecular flexibility index (Phi) is 6.12. The predicted octanol–water partition coefficient (Wildman–Crippen LogP) is 4.23. The number of nitrogens with zero attached hydrogens (tertiary/aromatic N) is 4. The second-order valence-electron chi connectivity index (χ2n) is 11.3. The largest absolute Gasteiger partial charge is 0.477 e. The average molecular weight is 574 g/mol. The van der Waals surface area contributed by atoms with Crippen molar-refractivity contribution in [3.8, 4) is 11.1 Å². The number of hydrogen-bond acceptors (Lipinski definition) is 7. The first-order chi connectivity index (χ1) is 20.2. The van der Waals surface area contributed by atoms with Gasteiger partial charge in [0.2, 0.25) is 5.43 Å². The zero-order valence-corrected chi connectivity index (χ0v) is 23.1. The number of carboxylic acids is 1. The number of carbonyl (C=O) groups is 1. The maximum atomic E-state index is 15.6. The van der Waals surface area contributed by atoms with Crippen molar-refractivity contribution in [1.29, 1.82) is 0 Å². The highest BCUT2D eigenvalue weighted by molar-refractivity contribution is 6.18. The van der Waals surface area contributed by atoms with Gasteiger partial charge in [-0.3, -0.25) is 4.79 Å². The third-order valence-corrected chi connectivity index (χ3v) is 8.46. The molecule has 1 saturated carbocycles. The van der Waals surface area contributed by atoms with Gasteiger partial charge in [0.1, 0.15) is 16.9 Å². The van der Waals surface area contributed by atoms with Gasteiger partial charge in [0, 0.05) is 69.0 Å². The maximum absolute atomic E-state index is 15.6. The Morgan fingerprint density at radius 2 is 1.98 bits per heavy atom. The molecule has 0 spiro atoms. The van der Waals surface area contributed by atoms with E-state index in [2.05, 4.69) is 30.5 Å². The van der Waals surface area contributed by atoms with Crippen LogP contribution in [0.5, 0.6) is 0 Å². The van der Waals surface area contributed by atoms with Crippen LogP contribution < -0.4 is 21.0 Å². The molecule has 1 unspecified atom stereocenters. The lowest BCUT2D eigenvalue weighted by molar-refractivity contribution is 0.0695. The molecular formula is C30H29F2N7O3. The van der Waals surface area contributed by atoms with Crippen molar-refractivity contribution < 1.29 is 18.7 Å². The van der Waals surface area contributed by atoms with Crippen LogP contribution in [-0.4, -0.2) is 63.3 Å². The van der Waals surface area contributed by atoms with E-state index in [0.717, 1.165) is 19.0 Å². The predicted molar refractivity (Wildman–Crippen MR) is 157 cm³/mol. The molecule has 5 heterocycles. The zero-order chi connectivity index (χ0) is 29.3. The summed E-state index contributed by atoms with van der Waals surface area (Å²) < 4.78 is 32.0. The standard InChI is InChI=1S/C30H29F2N7O3/c1-33-21-8-20(31)24(32)22-23-26(39-6-5-14(12-39)9-34-16-3-4-16)18(11-35-28(23)37-25(21)22)15-7-17-27(40)19(30(41)42)13-38(2)29(17)36-10-15/h7-8,10-11,13-14,16,33-34H,3-6,9,12H2,1-2H3,(H,35,37)(H,41,42). The maximum Gasteiger partial charge on any atom is 0.341 e. The summed E-state index contributed by atoms with van der Waals surface area (Å²) in [4.78, 5) is 39.4. The molecule has 2 fully saturated rings. The second kappa shape index (κ2) is 9.76. The fourth-order valence-corrected chi connectivity index (χ4v) is 6.17. The highest BCUT2D eigenvalue weighted by Crippen LogP contribution is 2.44. The number of nitrogens with one attached hydrogen (secondary N) is 3. The van der Waals surface area contributed by atoms with Gasteiger partial charge in [-0.05, 0) is 37.8 Å². The molecule has 0 radical (unpaired) electrons. The van der Waals surface area contributed by atoms with Crippen LogP contribution in [0.1, 0.15) is 29.6 Å². The van der Waals surface area contributed by atoms with Gasteiger partial charge >= 0.3 is 5.97 Å². The minimum Gasteiger partial charge on any atom is -0.477 e. The molecule has 42 heavy (non-hydrogen) atoms. The minimum absolute atomic E-state index is 0.0936. The number of rotatable bonds is 7. The Balaban J connectivity index is 1.48. The van der Waals surface area contributed by atoms with Crippen LogP contribution in [0.25, 0.3) is 44.1 Å². The number of fused-ring (bicyclic) bond motifs is 4. The molecule has 1 aromatic carbocycles. The van der Waals surface area contributed by atoms with E-state index in [9.17, 15) is 19.1 Å². The van der Waals surface area contributed by atoms with Crippen LogP contribution in [0.15, 0.2) is 35.5 Å². The van der Waals surface area contributed by atoms with Crippen molar-refractivity contribution in [2.45, 2.75) is 25.3 Å². The first-order valence-corrected chi connectivity index (χ1v) is 14.0. The fourth-order valence-electron chi connectivity index (χ4n) is 6.17. The lowest BCUT2D eigenvalue weighted by atomic mass is 10.0. The molecule has 1 atom stereocenters. The van der Waals surface area contributed by atoms with E-state index in [1.54, 1.807) is 32.6 Å². The topological polar surface area (TPSA) is 128 Å². The van der Waals surface area contributed by atoms with E-state index in [1.807, 2.05) is 0 Å². The van der Waals surface area contributed by atoms with Crippen LogP contribution in [0.2, 0.25) is 0 Å². The summed E-state index contributed by atoms with van der Waals surface area (Å²) in [5.74, 6) is -2.92. The van der Waals surface area contributed by atoms with Crippen molar-refractivity contribution in [2.24, 2.45) is 13.0 Å². The molecule has 0 bridgehead atoms. The van der Waals surface area contributed by atoms with Crippen molar-refractivity contribution in [3.05, 3.63) is 58.1 Å². The third-order valence-electron chi connectivity index (χ3n) is 8.46. The summed E-state index contributed by atoms with van der Waals surface area (Å²) in [7, 11) is 3.27. The second-order valence-corrected chi connectivity index (χ2v) is 11.3. The average Bonchev–Trinajstić information content (AvgIpc) is 3.55. The fraction of sp³-hybridized carbons (Fsp3) is 0.333. The number of hydrogen-bond donors (Lipinski definition) is 4. The Morgan fingerprint density at radius 1 is 1.17 bits per heavy atom. The summed E-state index contributed by atoms with van der Waals surface area (Å²) in [6.45, 7) is 2.26. The molecule has 0 amide bonds. The van der Waals surface area contributed by atoms with Crippen LogP contribution in [0.4, 0.5) is 20.2 Å². The van der Waals surface area contributed by atoms with Crippen LogP contribution in [0, 0.1) is 17.6 Å². The lowest BCUT2D eigenvalue weighted by Crippen LogP contribution is -2.28. The molecule has 216 valence electrons. The Labute approximate surface area is 238 Å². The molecule has 12 heteroatoms. The number of aromatic amines is 1. The van der Waals surface area contributed by atoms with Gasteiger partial charge in [-0.1, -0.05) is 0 Å². The Hall–Kier alpha value is -4.58. The SMILES string of the molecule is CNc1cc(F)c(F)c2c1[nH]c1ncc(-c3cnc4c(c3)c(=O)c(C(=O)O)cn4C)c(N3CCC(CNC4CC4)C3)c12. The van der Waals surface area contributed by atoms with Crippen molar-refractivity contribution in [2.75, 3.05) is 36.9 Å². The first kappa shape index (κ1) is 26.3. The molecule has 4 aromatic heterocycles. The molecule has 1 saturated heterocycles. The van der Waals surface area contributed by atoms with Gasteiger partial charge in [0.25, 0.3) is 0 Å². The number of H-pyrrole nitrogens is 1. The minimum atomic E-state index is -1.33. The number of anilines is 2. The lowest BCUT2D eigenvalue weighted by Gasteiger charge is -2.24. The van der Waals surface area contributed by atoms with Gasteiger partial charge in [-0.15, -0.1) is 0 Å². The summed E-state index contributed by atoms with van der Waals surface area (Å²) in [5.41, 5.74) is 2.30. The summed E-state index contributed by atoms with van der Waals surface area (Å²) >= 11 is 0. The van der Waals surface area contributed by atoms with Crippen molar-refractivity contribution in [1.82, 2.24) is 24.8 Å². The van der Waals surface area contributed by atoms with E-state index in [0.29, 0.717) is 69.7 Å². The van der Waals surface area contributed by atoms with Gasteiger partial charge in [-0.25, -0.2) is 23.5 Å². The van der Waals surface area contributed by atoms with Gasteiger partial charge < -0.3 is 30.2 Å². The van der Waals surface area contributed by atoms with Gasteiger partial charge in [0.15, 0.2) is 11.6 Å². The molecule has 7 rings (SSSR count). The molecule has 10 nitrogen and oxygen atoms in total. The van der Waals surface area contributed by atoms with E-state index in [4.69, 9.17) is 0 Å². The normalized spacial score (nSPS) is 17.1. The Morgan fingerprint density at radius 3 is 2.71 bits per heavy atom. The molecule has 1 aliphatic carbocycles. The summed E-state index contributed by atoms with van der Waals surface area (Å²) in [6.07, 6.45) is 7.80. The highest BCUT2D eigenvalue weighted by atomic mass is 19.2.